The van der Waals surface area contributed by atoms with Crippen molar-refractivity contribution in [2.24, 2.45) is 0 Å². The van der Waals surface area contributed by atoms with Crippen molar-refractivity contribution < 1.29 is 33.2 Å². The standard InChI is InChI=1S/C37H34O7S/c1-7-43-37(38)24-44-32-17-14-30(18-25(32)2)45-31-20-28(10-8-26-12-15-33(39-3)35(22-26)41-5)19-29(21-31)11-9-27-13-16-34(40-4)36(23-27)42-6/h12-23H,7,24H2,1-6H3. The van der Waals surface area contributed by atoms with Gasteiger partial charge < -0.3 is 28.4 Å². The molecule has 0 aliphatic heterocycles. The second-order valence-corrected chi connectivity index (χ2v) is 10.7. The summed E-state index contributed by atoms with van der Waals surface area (Å²) in [5.74, 6) is 15.7. The van der Waals surface area contributed by atoms with Gasteiger partial charge in [0, 0.05) is 32.0 Å². The molecular weight excluding hydrogens is 588 g/mol. The molecule has 0 bridgehead atoms. The minimum absolute atomic E-state index is 0.135. The topological polar surface area (TPSA) is 72.5 Å². The molecule has 4 aromatic carbocycles. The van der Waals surface area contributed by atoms with Crippen LogP contribution < -0.4 is 23.7 Å². The number of ether oxygens (including phenoxy) is 6. The second kappa shape index (κ2) is 16.0. The van der Waals surface area contributed by atoms with Crippen LogP contribution in [-0.2, 0) is 9.53 Å². The van der Waals surface area contributed by atoms with Gasteiger partial charge in [-0.1, -0.05) is 35.4 Å². The molecule has 0 fully saturated rings. The number of hydrogen-bond donors (Lipinski definition) is 0. The molecule has 230 valence electrons. The van der Waals surface area contributed by atoms with Gasteiger partial charge in [-0.15, -0.1) is 0 Å². The normalized spacial score (nSPS) is 10.0. The maximum atomic E-state index is 11.7. The molecule has 45 heavy (non-hydrogen) atoms. The predicted molar refractivity (Wildman–Crippen MR) is 175 cm³/mol. The molecule has 0 unspecified atom stereocenters. The number of aryl methyl sites for hydroxylation is 1. The van der Waals surface area contributed by atoms with E-state index in [1.54, 1.807) is 47.1 Å². The van der Waals surface area contributed by atoms with E-state index in [0.29, 0.717) is 35.4 Å². The van der Waals surface area contributed by atoms with Crippen LogP contribution in [0.3, 0.4) is 0 Å². The third-order valence-electron chi connectivity index (χ3n) is 6.41. The first-order chi connectivity index (χ1) is 21.8. The number of carbonyl (C=O) groups excluding carboxylic acids is 1. The number of methoxy groups -OCH3 is 4. The highest BCUT2D eigenvalue weighted by molar-refractivity contribution is 7.99. The van der Waals surface area contributed by atoms with Crippen molar-refractivity contribution in [3.63, 3.8) is 0 Å². The molecule has 0 aliphatic rings. The Morgan fingerprint density at radius 1 is 0.600 bits per heavy atom. The third-order valence-corrected chi connectivity index (χ3v) is 7.37. The van der Waals surface area contributed by atoms with Crippen molar-refractivity contribution in [3.05, 3.63) is 101 Å². The van der Waals surface area contributed by atoms with Crippen LogP contribution in [0.4, 0.5) is 0 Å². The molecule has 0 spiro atoms. The SMILES string of the molecule is CCOC(=O)COc1ccc(Sc2cc(C#Cc3ccc(OC)c(OC)c3)cc(C#Cc3ccc(OC)c(OC)c3)c2)cc1C. The molecule has 0 aromatic heterocycles. The molecule has 8 heteroatoms. The molecule has 0 saturated heterocycles. The minimum atomic E-state index is -0.400. The van der Waals surface area contributed by atoms with Crippen LogP contribution in [0.1, 0.15) is 34.7 Å². The van der Waals surface area contributed by atoms with Gasteiger partial charge in [0.2, 0.25) is 0 Å². The van der Waals surface area contributed by atoms with E-state index < -0.39 is 5.97 Å². The monoisotopic (exact) mass is 622 g/mol. The van der Waals surface area contributed by atoms with E-state index in [2.05, 4.69) is 23.7 Å². The Kier molecular flexibility index (Phi) is 11.7. The highest BCUT2D eigenvalue weighted by Crippen LogP contribution is 2.33. The van der Waals surface area contributed by atoms with Gasteiger partial charge in [-0.05, 0) is 92.2 Å². The first-order valence-corrected chi connectivity index (χ1v) is 14.9. The molecule has 4 rings (SSSR count). The lowest BCUT2D eigenvalue weighted by atomic mass is 10.1. The van der Waals surface area contributed by atoms with Gasteiger partial charge in [-0.25, -0.2) is 4.79 Å². The van der Waals surface area contributed by atoms with Crippen LogP contribution in [0.2, 0.25) is 0 Å². The maximum absolute atomic E-state index is 11.7. The van der Waals surface area contributed by atoms with Gasteiger partial charge in [0.1, 0.15) is 5.75 Å². The Morgan fingerprint density at radius 2 is 1.11 bits per heavy atom. The van der Waals surface area contributed by atoms with Crippen molar-refractivity contribution in [1.29, 1.82) is 0 Å². The lowest BCUT2D eigenvalue weighted by Crippen LogP contribution is -2.14. The number of rotatable bonds is 10. The lowest BCUT2D eigenvalue weighted by Gasteiger charge is -2.10. The van der Waals surface area contributed by atoms with Crippen molar-refractivity contribution in [3.8, 4) is 52.4 Å². The highest BCUT2D eigenvalue weighted by atomic mass is 32.2. The molecule has 0 N–H and O–H groups in total. The van der Waals surface area contributed by atoms with E-state index in [1.165, 1.54) is 0 Å². The molecule has 4 aromatic rings. The Balaban J connectivity index is 1.66. The first kappa shape index (κ1) is 32.7. The summed E-state index contributed by atoms with van der Waals surface area (Å²) in [6.45, 7) is 3.88. The lowest BCUT2D eigenvalue weighted by molar-refractivity contribution is -0.145. The number of hydrogen-bond acceptors (Lipinski definition) is 8. The zero-order valence-electron chi connectivity index (χ0n) is 26.1. The van der Waals surface area contributed by atoms with E-state index >= 15 is 0 Å². The van der Waals surface area contributed by atoms with E-state index in [-0.39, 0.29) is 6.61 Å². The molecule has 7 nitrogen and oxygen atoms in total. The summed E-state index contributed by atoms with van der Waals surface area (Å²) >= 11 is 1.58. The maximum Gasteiger partial charge on any atom is 0.344 e. The van der Waals surface area contributed by atoms with Gasteiger partial charge in [-0.2, -0.15) is 0 Å². The Morgan fingerprint density at radius 3 is 1.60 bits per heavy atom. The van der Waals surface area contributed by atoms with E-state index in [0.717, 1.165) is 37.6 Å². The van der Waals surface area contributed by atoms with Crippen molar-refractivity contribution in [1.82, 2.24) is 0 Å². The van der Waals surface area contributed by atoms with Crippen LogP contribution in [0.25, 0.3) is 0 Å². The summed E-state index contributed by atoms with van der Waals surface area (Å²) < 4.78 is 32.2. The van der Waals surface area contributed by atoms with Gasteiger partial charge in [-0.3, -0.25) is 0 Å². The van der Waals surface area contributed by atoms with Crippen LogP contribution in [0.15, 0.2) is 82.6 Å². The smallest absolute Gasteiger partial charge is 0.344 e. The summed E-state index contributed by atoms with van der Waals surface area (Å²) in [5, 5.41) is 0. The largest absolute Gasteiger partial charge is 0.493 e. The summed E-state index contributed by atoms with van der Waals surface area (Å²) in [6.07, 6.45) is 0. The molecule has 0 saturated carbocycles. The van der Waals surface area contributed by atoms with Crippen LogP contribution in [0.5, 0.6) is 28.7 Å². The third kappa shape index (κ3) is 9.15. The number of benzene rings is 4. The summed E-state index contributed by atoms with van der Waals surface area (Å²) in [6, 6.07) is 23.0. The Bertz CT molecular complexity index is 1700. The summed E-state index contributed by atoms with van der Waals surface area (Å²) in [4.78, 5) is 13.7. The van der Waals surface area contributed by atoms with Crippen molar-refractivity contribution in [2.75, 3.05) is 41.7 Å². The average Bonchev–Trinajstić information content (AvgIpc) is 3.05. The van der Waals surface area contributed by atoms with E-state index in [1.807, 2.05) is 79.7 Å². The Labute approximate surface area is 268 Å². The number of carbonyl (C=O) groups is 1. The zero-order chi connectivity index (χ0) is 32.2. The van der Waals surface area contributed by atoms with Gasteiger partial charge in [0.25, 0.3) is 0 Å². The minimum Gasteiger partial charge on any atom is -0.493 e. The summed E-state index contributed by atoms with van der Waals surface area (Å²) in [7, 11) is 6.39. The first-order valence-electron chi connectivity index (χ1n) is 14.1. The average molecular weight is 623 g/mol. The van der Waals surface area contributed by atoms with Gasteiger partial charge in [0.15, 0.2) is 29.6 Å². The molecular formula is C37H34O7S. The van der Waals surface area contributed by atoms with Crippen LogP contribution in [0, 0.1) is 30.6 Å². The zero-order valence-corrected chi connectivity index (χ0v) is 26.9. The fraction of sp³-hybridized carbons (Fsp3) is 0.216. The summed E-state index contributed by atoms with van der Waals surface area (Å²) in [5.41, 5.74) is 4.09. The van der Waals surface area contributed by atoms with Crippen LogP contribution in [-0.4, -0.2) is 47.6 Å². The van der Waals surface area contributed by atoms with E-state index in [9.17, 15) is 4.79 Å². The molecule has 0 atom stereocenters. The van der Waals surface area contributed by atoms with Crippen molar-refractivity contribution >= 4 is 17.7 Å². The van der Waals surface area contributed by atoms with E-state index in [4.69, 9.17) is 28.4 Å². The molecule has 0 amide bonds. The molecule has 0 heterocycles. The second-order valence-electron chi connectivity index (χ2n) is 9.51. The Hall–Kier alpha value is -5.18. The quantitative estimate of drug-likeness (QED) is 0.139. The fourth-order valence-electron chi connectivity index (χ4n) is 4.24. The fourth-order valence-corrected chi connectivity index (χ4v) is 5.26. The number of esters is 1. The van der Waals surface area contributed by atoms with Gasteiger partial charge >= 0.3 is 5.97 Å². The molecule has 0 radical (unpaired) electrons. The predicted octanol–water partition coefficient (Wildman–Crippen LogP) is 6.92. The van der Waals surface area contributed by atoms with Crippen molar-refractivity contribution in [2.45, 2.75) is 23.6 Å². The molecule has 0 aliphatic carbocycles. The van der Waals surface area contributed by atoms with Gasteiger partial charge in [0.05, 0.1) is 35.0 Å². The highest BCUT2D eigenvalue weighted by Gasteiger charge is 2.09. The van der Waals surface area contributed by atoms with Crippen LogP contribution >= 0.6 is 11.8 Å².